The van der Waals surface area contributed by atoms with E-state index in [1.54, 1.807) is 0 Å². The minimum Gasteiger partial charge on any atom is -0.324 e. The lowest BCUT2D eigenvalue weighted by atomic mass is 10.2. The van der Waals surface area contributed by atoms with Gasteiger partial charge in [-0.05, 0) is 48.6 Å². The van der Waals surface area contributed by atoms with Crippen LogP contribution in [0.4, 0.5) is 5.69 Å². The van der Waals surface area contributed by atoms with Crippen molar-refractivity contribution in [2.45, 2.75) is 6.92 Å². The van der Waals surface area contributed by atoms with Gasteiger partial charge < -0.3 is 10.2 Å². The zero-order chi connectivity index (χ0) is 11.4. The summed E-state index contributed by atoms with van der Waals surface area (Å²) in [6.45, 7) is 2.36. The van der Waals surface area contributed by atoms with Gasteiger partial charge in [-0.3, -0.25) is 4.79 Å². The fourth-order valence-electron chi connectivity index (χ4n) is 1.26. The highest BCUT2D eigenvalue weighted by Gasteiger charge is 2.08. The Labute approximate surface area is 98.6 Å². The normalized spacial score (nSPS) is 10.5. The molecule has 0 aliphatic carbocycles. The highest BCUT2D eigenvalue weighted by Crippen LogP contribution is 2.25. The summed E-state index contributed by atoms with van der Waals surface area (Å²) in [6, 6.07) is 5.83. The predicted octanol–water partition coefficient (Wildman–Crippen LogP) is 2.26. The van der Waals surface area contributed by atoms with E-state index < -0.39 is 0 Å². The van der Waals surface area contributed by atoms with Gasteiger partial charge in [0.25, 0.3) is 0 Å². The van der Waals surface area contributed by atoms with Gasteiger partial charge in [-0.25, -0.2) is 0 Å². The minimum atomic E-state index is -0.00463. The lowest BCUT2D eigenvalue weighted by molar-refractivity contribution is -0.116. The number of amides is 1. The highest BCUT2D eigenvalue weighted by molar-refractivity contribution is 9.10. The number of hydrogen-bond acceptors (Lipinski definition) is 2. The number of nitrogens with zero attached hydrogens (tertiary/aromatic N) is 1. The van der Waals surface area contributed by atoms with Crippen LogP contribution >= 0.6 is 15.9 Å². The Bertz CT molecular complexity index is 343. The Morgan fingerprint density at radius 2 is 2.13 bits per heavy atom. The summed E-state index contributed by atoms with van der Waals surface area (Å²) < 4.78 is 0.912. The highest BCUT2D eigenvalue weighted by atomic mass is 79.9. The molecular weight excluding hydrogens is 256 g/mol. The van der Waals surface area contributed by atoms with Crippen molar-refractivity contribution in [2.24, 2.45) is 0 Å². The second kappa shape index (κ2) is 5.28. The molecule has 0 atom stereocenters. The molecule has 0 spiro atoms. The van der Waals surface area contributed by atoms with Crippen LogP contribution in [0.25, 0.3) is 0 Å². The van der Waals surface area contributed by atoms with E-state index in [0.29, 0.717) is 6.54 Å². The van der Waals surface area contributed by atoms with E-state index in [0.717, 1.165) is 15.7 Å². The lowest BCUT2D eigenvalue weighted by Gasteiger charge is -2.13. The standard InChI is InChI=1S/C11H15BrN2O/c1-8-5-4-6-9(12)11(8)13-10(15)7-14(2)3/h4-6H,7H2,1-3H3,(H,13,15). The van der Waals surface area contributed by atoms with Crippen molar-refractivity contribution in [1.82, 2.24) is 4.90 Å². The summed E-state index contributed by atoms with van der Waals surface area (Å²) in [5.74, 6) is -0.00463. The zero-order valence-corrected chi connectivity index (χ0v) is 10.8. The number of halogens is 1. The molecular formula is C11H15BrN2O. The topological polar surface area (TPSA) is 32.3 Å². The van der Waals surface area contributed by atoms with Gasteiger partial charge in [0.1, 0.15) is 0 Å². The van der Waals surface area contributed by atoms with Crippen molar-refractivity contribution < 1.29 is 4.79 Å². The Hall–Kier alpha value is -0.870. The number of carbonyl (C=O) groups excluding carboxylic acids is 1. The maximum absolute atomic E-state index is 11.6. The van der Waals surface area contributed by atoms with Gasteiger partial charge in [0.2, 0.25) is 5.91 Å². The van der Waals surface area contributed by atoms with E-state index in [-0.39, 0.29) is 5.91 Å². The van der Waals surface area contributed by atoms with Crippen molar-refractivity contribution in [3.8, 4) is 0 Å². The minimum absolute atomic E-state index is 0.00463. The van der Waals surface area contributed by atoms with Gasteiger partial charge in [0.05, 0.1) is 12.2 Å². The Morgan fingerprint density at radius 1 is 1.47 bits per heavy atom. The van der Waals surface area contributed by atoms with Crippen molar-refractivity contribution >= 4 is 27.5 Å². The fraction of sp³-hybridized carbons (Fsp3) is 0.364. The van der Waals surface area contributed by atoms with Gasteiger partial charge in [0.15, 0.2) is 0 Å². The largest absolute Gasteiger partial charge is 0.324 e. The molecule has 0 unspecified atom stereocenters. The number of para-hydroxylation sites is 1. The van der Waals surface area contributed by atoms with E-state index in [1.807, 2.05) is 44.1 Å². The predicted molar refractivity (Wildman–Crippen MR) is 66.1 cm³/mol. The summed E-state index contributed by atoms with van der Waals surface area (Å²) in [7, 11) is 3.74. The summed E-state index contributed by atoms with van der Waals surface area (Å²) in [4.78, 5) is 13.4. The molecule has 1 rings (SSSR count). The molecule has 1 amide bonds. The number of benzene rings is 1. The first kappa shape index (κ1) is 12.2. The molecule has 0 fully saturated rings. The molecule has 0 aromatic heterocycles. The van der Waals surface area contributed by atoms with Gasteiger partial charge >= 0.3 is 0 Å². The first-order chi connectivity index (χ1) is 7.00. The second-order valence-electron chi connectivity index (χ2n) is 3.72. The molecule has 1 aromatic rings. The number of aryl methyl sites for hydroxylation is 1. The quantitative estimate of drug-likeness (QED) is 0.914. The van der Waals surface area contributed by atoms with E-state index >= 15 is 0 Å². The zero-order valence-electron chi connectivity index (χ0n) is 9.17. The second-order valence-corrected chi connectivity index (χ2v) is 4.57. The maximum Gasteiger partial charge on any atom is 0.238 e. The monoisotopic (exact) mass is 270 g/mol. The Morgan fingerprint density at radius 3 is 2.67 bits per heavy atom. The SMILES string of the molecule is Cc1cccc(Br)c1NC(=O)CN(C)C. The summed E-state index contributed by atoms with van der Waals surface area (Å²) in [5, 5.41) is 2.88. The van der Waals surface area contributed by atoms with Crippen LogP contribution in [0.5, 0.6) is 0 Å². The first-order valence-corrected chi connectivity index (χ1v) is 5.49. The van der Waals surface area contributed by atoms with Crippen molar-refractivity contribution in [3.05, 3.63) is 28.2 Å². The smallest absolute Gasteiger partial charge is 0.238 e. The molecule has 0 heterocycles. The molecule has 1 N–H and O–H groups in total. The molecule has 0 radical (unpaired) electrons. The number of likely N-dealkylation sites (N-methyl/N-ethyl adjacent to an activating group) is 1. The molecule has 0 saturated heterocycles. The van der Waals surface area contributed by atoms with Crippen LogP contribution in [0.15, 0.2) is 22.7 Å². The average molecular weight is 271 g/mol. The van der Waals surface area contributed by atoms with Crippen molar-refractivity contribution in [2.75, 3.05) is 26.0 Å². The van der Waals surface area contributed by atoms with Crippen LogP contribution in [0, 0.1) is 6.92 Å². The van der Waals surface area contributed by atoms with Crippen LogP contribution in [0.1, 0.15) is 5.56 Å². The van der Waals surface area contributed by atoms with E-state index in [1.165, 1.54) is 0 Å². The van der Waals surface area contributed by atoms with E-state index in [4.69, 9.17) is 0 Å². The first-order valence-electron chi connectivity index (χ1n) is 4.70. The molecule has 15 heavy (non-hydrogen) atoms. The molecule has 3 nitrogen and oxygen atoms in total. The van der Waals surface area contributed by atoms with Crippen LogP contribution < -0.4 is 5.32 Å². The molecule has 0 saturated carbocycles. The van der Waals surface area contributed by atoms with Gasteiger partial charge in [0, 0.05) is 4.47 Å². The third-order valence-corrected chi connectivity index (χ3v) is 2.61. The fourth-order valence-corrected chi connectivity index (χ4v) is 1.82. The number of nitrogens with one attached hydrogen (secondary N) is 1. The lowest BCUT2D eigenvalue weighted by Crippen LogP contribution is -2.27. The number of hydrogen-bond donors (Lipinski definition) is 1. The third kappa shape index (κ3) is 3.64. The van der Waals surface area contributed by atoms with Crippen molar-refractivity contribution in [3.63, 3.8) is 0 Å². The third-order valence-electron chi connectivity index (χ3n) is 1.95. The molecule has 0 bridgehead atoms. The molecule has 1 aromatic carbocycles. The Kier molecular flexibility index (Phi) is 4.29. The number of rotatable bonds is 3. The Balaban J connectivity index is 2.76. The number of carbonyl (C=O) groups is 1. The molecule has 4 heteroatoms. The maximum atomic E-state index is 11.6. The molecule has 0 aliphatic heterocycles. The van der Waals surface area contributed by atoms with Crippen LogP contribution in [0.2, 0.25) is 0 Å². The van der Waals surface area contributed by atoms with Crippen LogP contribution in [0.3, 0.4) is 0 Å². The van der Waals surface area contributed by atoms with Crippen molar-refractivity contribution in [1.29, 1.82) is 0 Å². The molecule has 82 valence electrons. The summed E-state index contributed by atoms with van der Waals surface area (Å²) in [5.41, 5.74) is 1.90. The summed E-state index contributed by atoms with van der Waals surface area (Å²) in [6.07, 6.45) is 0. The van der Waals surface area contributed by atoms with E-state index in [9.17, 15) is 4.79 Å². The average Bonchev–Trinajstić information content (AvgIpc) is 2.10. The van der Waals surface area contributed by atoms with Crippen LogP contribution in [-0.4, -0.2) is 31.4 Å². The number of anilines is 1. The van der Waals surface area contributed by atoms with Gasteiger partial charge in [-0.15, -0.1) is 0 Å². The molecule has 0 aliphatic rings. The summed E-state index contributed by atoms with van der Waals surface area (Å²) >= 11 is 3.41. The van der Waals surface area contributed by atoms with Gasteiger partial charge in [-0.1, -0.05) is 12.1 Å². The van der Waals surface area contributed by atoms with Crippen LogP contribution in [-0.2, 0) is 4.79 Å². The van der Waals surface area contributed by atoms with Gasteiger partial charge in [-0.2, -0.15) is 0 Å². The van der Waals surface area contributed by atoms with E-state index in [2.05, 4.69) is 21.2 Å².